The van der Waals surface area contributed by atoms with Crippen LogP contribution in [-0.2, 0) is 6.42 Å². The zero-order chi connectivity index (χ0) is 10.6. The van der Waals surface area contributed by atoms with Gasteiger partial charge in [0.2, 0.25) is 0 Å². The van der Waals surface area contributed by atoms with Gasteiger partial charge in [0.1, 0.15) is 5.82 Å². The fraction of sp³-hybridized carbons (Fsp3) is 0.417. The van der Waals surface area contributed by atoms with Gasteiger partial charge in [-0.15, -0.1) is 0 Å². The highest BCUT2D eigenvalue weighted by atomic mass is 19.1. The van der Waals surface area contributed by atoms with Crippen LogP contribution in [0.3, 0.4) is 0 Å². The highest BCUT2D eigenvalue weighted by Gasteiger charge is 2.08. The van der Waals surface area contributed by atoms with E-state index in [0.717, 1.165) is 29.9 Å². The Hall–Kier alpha value is -0.890. The topological polar surface area (TPSA) is 20.2 Å². The van der Waals surface area contributed by atoms with Gasteiger partial charge in [-0.25, -0.2) is 4.39 Å². The number of hydrogen-bond donors (Lipinski definition) is 1. The lowest BCUT2D eigenvalue weighted by molar-refractivity contribution is 0.315. The monoisotopic (exact) mass is 195 g/mol. The maximum Gasteiger partial charge on any atom is 0.126 e. The van der Waals surface area contributed by atoms with E-state index in [1.165, 1.54) is 6.07 Å². The summed E-state index contributed by atoms with van der Waals surface area (Å²) in [5.41, 5.74) is 1.53. The Labute approximate surface area is 84.6 Å². The minimum Gasteiger partial charge on any atom is -0.395 e. The van der Waals surface area contributed by atoms with Crippen LogP contribution in [0, 0.1) is 11.7 Å². The van der Waals surface area contributed by atoms with E-state index in [1.54, 1.807) is 13.0 Å². The summed E-state index contributed by atoms with van der Waals surface area (Å²) in [6, 6.07) is 5.16. The van der Waals surface area contributed by atoms with Crippen LogP contribution in [-0.4, -0.2) is 11.7 Å². The van der Waals surface area contributed by atoms with Crippen molar-refractivity contribution in [3.63, 3.8) is 0 Å². The molecule has 0 aliphatic carbocycles. The van der Waals surface area contributed by atoms with Crippen LogP contribution < -0.4 is 0 Å². The third-order valence-corrected chi connectivity index (χ3v) is 2.30. The van der Waals surface area contributed by atoms with Crippen molar-refractivity contribution >= 4 is 0 Å². The molecule has 0 unspecified atom stereocenters. The maximum atomic E-state index is 13.4. The average Bonchev–Trinajstić information content (AvgIpc) is 2.20. The van der Waals surface area contributed by atoms with Crippen molar-refractivity contribution in [3.8, 4) is 0 Å². The van der Waals surface area contributed by atoms with Crippen molar-refractivity contribution in [2.45, 2.75) is 26.7 Å². The molecule has 77 valence electrons. The lowest BCUT2D eigenvalue weighted by atomic mass is 9.99. The first-order valence-electron chi connectivity index (χ1n) is 4.91. The van der Waals surface area contributed by atoms with Gasteiger partial charge in [-0.1, -0.05) is 32.4 Å². The first kappa shape index (κ1) is 11.2. The molecule has 1 rings (SSSR count). The van der Waals surface area contributed by atoms with Crippen LogP contribution in [0.15, 0.2) is 18.2 Å². The fourth-order valence-corrected chi connectivity index (χ4v) is 1.38. The van der Waals surface area contributed by atoms with Crippen LogP contribution in [0.5, 0.6) is 0 Å². The second-order valence-corrected chi connectivity index (χ2v) is 3.49. The van der Waals surface area contributed by atoms with Gasteiger partial charge in [0.05, 0.1) is 6.61 Å². The van der Waals surface area contributed by atoms with Crippen LogP contribution in [0.25, 0.3) is 0 Å². The van der Waals surface area contributed by atoms with Crippen LogP contribution >= 0.6 is 0 Å². The molecule has 0 heterocycles. The Balaban J connectivity index is 2.88. The van der Waals surface area contributed by atoms with Gasteiger partial charge in [0.15, 0.2) is 0 Å². The maximum absolute atomic E-state index is 13.4. The highest BCUT2D eigenvalue weighted by molar-refractivity contribution is 5.33. The first-order chi connectivity index (χ1) is 6.69. The molecule has 0 aliphatic rings. The third-order valence-electron chi connectivity index (χ3n) is 2.30. The molecule has 0 aliphatic heterocycles. The Bertz CT molecular complexity index is 296. The van der Waals surface area contributed by atoms with Crippen LogP contribution in [0.2, 0.25) is 0 Å². The number of halogens is 1. The van der Waals surface area contributed by atoms with Gasteiger partial charge in [0.25, 0.3) is 0 Å². The predicted molar refractivity (Wildman–Crippen MR) is 55.5 cm³/mol. The Morgan fingerprint density at radius 2 is 2.14 bits per heavy atom. The molecule has 2 heteroatoms. The summed E-state index contributed by atoms with van der Waals surface area (Å²) in [6.45, 7) is 3.80. The van der Waals surface area contributed by atoms with E-state index in [4.69, 9.17) is 5.11 Å². The Morgan fingerprint density at radius 1 is 1.43 bits per heavy atom. The summed E-state index contributed by atoms with van der Waals surface area (Å²) in [5, 5.41) is 8.89. The summed E-state index contributed by atoms with van der Waals surface area (Å²) < 4.78 is 13.4. The lowest BCUT2D eigenvalue weighted by Crippen LogP contribution is -2.01. The summed E-state index contributed by atoms with van der Waals surface area (Å²) >= 11 is 0. The molecular weight excluding hydrogens is 179 g/mol. The van der Waals surface area contributed by atoms with E-state index in [2.05, 4.69) is 0 Å². The molecule has 0 spiro atoms. The largest absolute Gasteiger partial charge is 0.395 e. The summed E-state index contributed by atoms with van der Waals surface area (Å²) in [4.78, 5) is 0. The van der Waals surface area contributed by atoms with Crippen molar-refractivity contribution in [2.75, 3.05) is 6.61 Å². The second kappa shape index (κ2) is 5.11. The molecule has 1 aromatic rings. The predicted octanol–water partition coefficient (Wildman–Crippen LogP) is 2.71. The molecule has 1 radical (unpaired) electrons. The second-order valence-electron chi connectivity index (χ2n) is 3.49. The van der Waals surface area contributed by atoms with E-state index >= 15 is 0 Å². The molecule has 0 amide bonds. The van der Waals surface area contributed by atoms with E-state index in [0.29, 0.717) is 0 Å². The molecule has 0 aromatic heterocycles. The number of benzene rings is 1. The third kappa shape index (κ3) is 2.55. The summed E-state index contributed by atoms with van der Waals surface area (Å²) in [7, 11) is 0. The average molecular weight is 195 g/mol. The zero-order valence-corrected chi connectivity index (χ0v) is 8.68. The molecule has 0 atom stereocenters. The fourth-order valence-electron chi connectivity index (χ4n) is 1.38. The van der Waals surface area contributed by atoms with Crippen molar-refractivity contribution in [1.82, 2.24) is 0 Å². The smallest absolute Gasteiger partial charge is 0.126 e. The number of hydrogen-bond acceptors (Lipinski definition) is 1. The van der Waals surface area contributed by atoms with Crippen LogP contribution in [0.1, 0.15) is 31.4 Å². The SMILES string of the molecule is CCCc1ccc([C](C)CO)cc1F. The molecule has 14 heavy (non-hydrogen) atoms. The van der Waals surface area contributed by atoms with Gasteiger partial charge < -0.3 is 5.11 Å². The van der Waals surface area contributed by atoms with E-state index in [1.807, 2.05) is 13.0 Å². The van der Waals surface area contributed by atoms with Gasteiger partial charge in [-0.3, -0.25) is 0 Å². The molecule has 1 aromatic carbocycles. The normalized spacial score (nSPS) is 10.9. The zero-order valence-electron chi connectivity index (χ0n) is 8.68. The first-order valence-corrected chi connectivity index (χ1v) is 4.91. The minimum atomic E-state index is -0.169. The Kier molecular flexibility index (Phi) is 4.08. The standard InChI is InChI=1S/C12H16FO/c1-3-4-10-5-6-11(7-12(10)13)9(2)8-14/h5-7,14H,3-4,8H2,1-2H3. The summed E-state index contributed by atoms with van der Waals surface area (Å²) in [5.74, 6) is 0.629. The molecule has 0 bridgehead atoms. The molecule has 0 saturated carbocycles. The molecule has 1 N–H and O–H groups in total. The van der Waals surface area contributed by atoms with Gasteiger partial charge in [-0.2, -0.15) is 0 Å². The number of rotatable bonds is 4. The van der Waals surface area contributed by atoms with Gasteiger partial charge >= 0.3 is 0 Å². The molecule has 1 nitrogen and oxygen atoms in total. The minimum absolute atomic E-state index is 0.0213. The van der Waals surface area contributed by atoms with Crippen molar-refractivity contribution in [3.05, 3.63) is 41.1 Å². The lowest BCUT2D eigenvalue weighted by Gasteiger charge is -2.09. The summed E-state index contributed by atoms with van der Waals surface area (Å²) in [6.07, 6.45) is 1.71. The molecule has 0 saturated heterocycles. The quantitative estimate of drug-likeness (QED) is 0.783. The molecular formula is C12H16FO. The van der Waals surface area contributed by atoms with E-state index in [-0.39, 0.29) is 12.4 Å². The van der Waals surface area contributed by atoms with Crippen molar-refractivity contribution in [2.24, 2.45) is 0 Å². The number of aliphatic hydroxyl groups excluding tert-OH is 1. The number of aliphatic hydroxyl groups is 1. The van der Waals surface area contributed by atoms with Crippen LogP contribution in [0.4, 0.5) is 4.39 Å². The van der Waals surface area contributed by atoms with Crippen molar-refractivity contribution < 1.29 is 9.50 Å². The molecule has 0 fully saturated rings. The van der Waals surface area contributed by atoms with Crippen molar-refractivity contribution in [1.29, 1.82) is 0 Å². The Morgan fingerprint density at radius 3 is 2.64 bits per heavy atom. The highest BCUT2D eigenvalue weighted by Crippen LogP contribution is 2.18. The van der Waals surface area contributed by atoms with E-state index < -0.39 is 0 Å². The number of aryl methyl sites for hydroxylation is 1. The van der Waals surface area contributed by atoms with Gasteiger partial charge in [0, 0.05) is 5.92 Å². The van der Waals surface area contributed by atoms with E-state index in [9.17, 15) is 4.39 Å². The van der Waals surface area contributed by atoms with Gasteiger partial charge in [-0.05, 0) is 23.6 Å².